The summed E-state index contributed by atoms with van der Waals surface area (Å²) in [7, 11) is 1.76. The number of carbonyl (C=O) groups is 2. The number of anilines is 2. The van der Waals surface area contributed by atoms with Gasteiger partial charge in [-0.25, -0.2) is 0 Å². The molecule has 144 valence electrons. The van der Waals surface area contributed by atoms with E-state index < -0.39 is 0 Å². The van der Waals surface area contributed by atoms with Crippen molar-refractivity contribution in [2.75, 3.05) is 56.7 Å². The van der Waals surface area contributed by atoms with Crippen LogP contribution in [-0.4, -0.2) is 69.2 Å². The van der Waals surface area contributed by atoms with Gasteiger partial charge in [0.05, 0.1) is 26.3 Å². The third kappa shape index (κ3) is 6.65. The second-order valence-electron chi connectivity index (χ2n) is 6.74. The molecule has 1 aliphatic heterocycles. The first-order valence-corrected chi connectivity index (χ1v) is 9.18. The molecule has 7 heteroatoms. The van der Waals surface area contributed by atoms with Gasteiger partial charge in [-0.2, -0.15) is 0 Å². The van der Waals surface area contributed by atoms with Crippen molar-refractivity contribution in [3.63, 3.8) is 0 Å². The van der Waals surface area contributed by atoms with Crippen LogP contribution in [0.25, 0.3) is 0 Å². The van der Waals surface area contributed by atoms with E-state index in [4.69, 9.17) is 4.74 Å². The topological polar surface area (TPSA) is 73.9 Å². The highest BCUT2D eigenvalue weighted by atomic mass is 16.5. The molecule has 1 saturated heterocycles. The van der Waals surface area contributed by atoms with E-state index in [0.29, 0.717) is 0 Å². The van der Waals surface area contributed by atoms with Crippen molar-refractivity contribution in [3.8, 4) is 0 Å². The maximum atomic E-state index is 12.2. The molecule has 7 nitrogen and oxygen atoms in total. The Morgan fingerprint density at radius 1 is 1.15 bits per heavy atom. The smallest absolute Gasteiger partial charge is 0.238 e. The van der Waals surface area contributed by atoms with Gasteiger partial charge in [-0.05, 0) is 44.7 Å². The van der Waals surface area contributed by atoms with E-state index in [1.807, 2.05) is 38.1 Å². The summed E-state index contributed by atoms with van der Waals surface area (Å²) >= 11 is 0. The highest BCUT2D eigenvalue weighted by Crippen LogP contribution is 2.18. The molecule has 0 spiro atoms. The van der Waals surface area contributed by atoms with E-state index >= 15 is 0 Å². The Kier molecular flexibility index (Phi) is 7.87. The summed E-state index contributed by atoms with van der Waals surface area (Å²) in [5.41, 5.74) is 1.88. The molecular formula is C19H30N4O3. The first kappa shape index (κ1) is 20.2. The Balaban J connectivity index is 1.77. The molecular weight excluding hydrogens is 332 g/mol. The maximum Gasteiger partial charge on any atom is 0.238 e. The first-order valence-electron chi connectivity index (χ1n) is 9.18. The van der Waals surface area contributed by atoms with Crippen LogP contribution in [0, 0.1) is 0 Å². The molecule has 0 bridgehead atoms. The summed E-state index contributed by atoms with van der Waals surface area (Å²) in [5, 5.41) is 5.77. The number of benzene rings is 1. The lowest BCUT2D eigenvalue weighted by atomic mass is 10.2. The molecule has 2 amide bonds. The number of nitrogens with zero attached hydrogens (tertiary/aromatic N) is 2. The van der Waals surface area contributed by atoms with Gasteiger partial charge in [0.25, 0.3) is 0 Å². The van der Waals surface area contributed by atoms with Crippen LogP contribution < -0.4 is 15.5 Å². The van der Waals surface area contributed by atoms with Crippen LogP contribution in [0.1, 0.15) is 20.3 Å². The van der Waals surface area contributed by atoms with Gasteiger partial charge in [0, 0.05) is 30.5 Å². The molecule has 1 fully saturated rings. The number of carbonyl (C=O) groups excluding carboxylic acids is 2. The van der Waals surface area contributed by atoms with Crippen molar-refractivity contribution in [1.82, 2.24) is 10.2 Å². The normalized spacial score (nSPS) is 15.6. The zero-order valence-corrected chi connectivity index (χ0v) is 16.0. The third-order valence-electron chi connectivity index (χ3n) is 4.37. The fraction of sp³-hybridized carbons (Fsp3) is 0.579. The minimum absolute atomic E-state index is 0.0653. The Morgan fingerprint density at radius 2 is 1.77 bits per heavy atom. The van der Waals surface area contributed by atoms with Gasteiger partial charge in [-0.3, -0.25) is 14.5 Å². The third-order valence-corrected chi connectivity index (χ3v) is 4.37. The van der Waals surface area contributed by atoms with Crippen LogP contribution in [-0.2, 0) is 14.3 Å². The molecule has 1 aromatic carbocycles. The Bertz CT molecular complexity index is 585. The molecule has 0 saturated carbocycles. The maximum absolute atomic E-state index is 12.2. The van der Waals surface area contributed by atoms with Crippen LogP contribution in [0.4, 0.5) is 11.4 Å². The highest BCUT2D eigenvalue weighted by molar-refractivity contribution is 5.92. The molecule has 1 atom stereocenters. The summed E-state index contributed by atoms with van der Waals surface area (Å²) < 4.78 is 5.36. The minimum Gasteiger partial charge on any atom is -0.378 e. The molecule has 1 heterocycles. The minimum atomic E-state index is -0.136. The van der Waals surface area contributed by atoms with Crippen molar-refractivity contribution in [2.45, 2.75) is 26.3 Å². The summed E-state index contributed by atoms with van der Waals surface area (Å²) in [4.78, 5) is 28.0. The second kappa shape index (κ2) is 10.1. The van der Waals surface area contributed by atoms with Crippen molar-refractivity contribution < 1.29 is 14.3 Å². The quantitative estimate of drug-likeness (QED) is 0.729. The molecule has 1 aromatic rings. The van der Waals surface area contributed by atoms with Crippen molar-refractivity contribution >= 4 is 23.2 Å². The Morgan fingerprint density at radius 3 is 2.38 bits per heavy atom. The molecule has 0 aliphatic carbocycles. The van der Waals surface area contributed by atoms with E-state index in [1.165, 1.54) is 0 Å². The molecule has 0 radical (unpaired) electrons. The van der Waals surface area contributed by atoms with E-state index in [1.54, 1.807) is 11.9 Å². The van der Waals surface area contributed by atoms with Crippen molar-refractivity contribution in [2.24, 2.45) is 0 Å². The lowest BCUT2D eigenvalue weighted by Crippen LogP contribution is -2.41. The van der Waals surface area contributed by atoms with Gasteiger partial charge < -0.3 is 20.3 Å². The molecule has 2 N–H and O–H groups in total. The molecule has 0 aromatic heterocycles. The SMILES string of the molecule is CC[C@H](C)NC(=O)CN(C)CC(=O)Nc1ccc(N2CCOCC2)cc1. The number of hydrogen-bond acceptors (Lipinski definition) is 5. The summed E-state index contributed by atoms with van der Waals surface area (Å²) in [6.07, 6.45) is 0.885. The summed E-state index contributed by atoms with van der Waals surface area (Å²) in [6, 6.07) is 7.96. The van der Waals surface area contributed by atoms with Gasteiger partial charge in [-0.15, -0.1) is 0 Å². The number of amides is 2. The average Bonchev–Trinajstić information content (AvgIpc) is 2.62. The van der Waals surface area contributed by atoms with Gasteiger partial charge in [0.2, 0.25) is 11.8 Å². The fourth-order valence-electron chi connectivity index (χ4n) is 2.75. The first-order chi connectivity index (χ1) is 12.5. The largest absolute Gasteiger partial charge is 0.378 e. The average molecular weight is 362 g/mol. The van der Waals surface area contributed by atoms with E-state index in [9.17, 15) is 9.59 Å². The Labute approximate surface area is 155 Å². The lowest BCUT2D eigenvalue weighted by Gasteiger charge is -2.28. The zero-order chi connectivity index (χ0) is 18.9. The number of rotatable bonds is 8. The predicted molar refractivity (Wildman–Crippen MR) is 103 cm³/mol. The van der Waals surface area contributed by atoms with Crippen LogP contribution in [0.15, 0.2) is 24.3 Å². The number of hydrogen-bond donors (Lipinski definition) is 2. The van der Waals surface area contributed by atoms with Crippen LogP contribution in [0.5, 0.6) is 0 Å². The van der Waals surface area contributed by atoms with Gasteiger partial charge in [0.15, 0.2) is 0 Å². The molecule has 2 rings (SSSR count). The highest BCUT2D eigenvalue weighted by Gasteiger charge is 2.13. The van der Waals surface area contributed by atoms with Crippen LogP contribution in [0.2, 0.25) is 0 Å². The molecule has 0 unspecified atom stereocenters. The van der Waals surface area contributed by atoms with E-state index in [-0.39, 0.29) is 30.9 Å². The predicted octanol–water partition coefficient (Wildman–Crippen LogP) is 1.31. The number of morpholine rings is 1. The Hall–Kier alpha value is -2.12. The number of likely N-dealkylation sites (N-methyl/N-ethyl adjacent to an activating group) is 1. The number of nitrogens with one attached hydrogen (secondary N) is 2. The molecule has 1 aliphatic rings. The van der Waals surface area contributed by atoms with Gasteiger partial charge >= 0.3 is 0 Å². The zero-order valence-electron chi connectivity index (χ0n) is 16.0. The van der Waals surface area contributed by atoms with Crippen molar-refractivity contribution in [3.05, 3.63) is 24.3 Å². The summed E-state index contributed by atoms with van der Waals surface area (Å²) in [5.74, 6) is -0.201. The fourth-order valence-corrected chi connectivity index (χ4v) is 2.75. The van der Waals surface area contributed by atoms with Gasteiger partial charge in [0.1, 0.15) is 0 Å². The van der Waals surface area contributed by atoms with Crippen molar-refractivity contribution in [1.29, 1.82) is 0 Å². The molecule has 26 heavy (non-hydrogen) atoms. The second-order valence-corrected chi connectivity index (χ2v) is 6.74. The monoisotopic (exact) mass is 362 g/mol. The standard InChI is InChI=1S/C19H30N4O3/c1-4-15(2)20-18(24)13-22(3)14-19(25)21-16-5-7-17(8-6-16)23-9-11-26-12-10-23/h5-8,15H,4,9-14H2,1-3H3,(H,20,24)(H,21,25)/t15-/m0/s1. The van der Waals surface area contributed by atoms with E-state index in [2.05, 4.69) is 15.5 Å². The van der Waals surface area contributed by atoms with Gasteiger partial charge in [-0.1, -0.05) is 6.92 Å². The van der Waals surface area contributed by atoms with E-state index in [0.717, 1.165) is 44.1 Å². The lowest BCUT2D eigenvalue weighted by molar-refractivity contribution is -0.123. The van der Waals surface area contributed by atoms with Crippen LogP contribution in [0.3, 0.4) is 0 Å². The number of ether oxygens (including phenoxy) is 1. The summed E-state index contributed by atoms with van der Waals surface area (Å²) in [6.45, 7) is 7.61. The van der Waals surface area contributed by atoms with Crippen LogP contribution >= 0.6 is 0 Å².